The Morgan fingerprint density at radius 3 is 2.65 bits per heavy atom. The summed E-state index contributed by atoms with van der Waals surface area (Å²) in [6.45, 7) is 3.37. The van der Waals surface area contributed by atoms with E-state index in [1.807, 2.05) is 13.0 Å². The molecule has 3 rings (SSSR count). The summed E-state index contributed by atoms with van der Waals surface area (Å²) in [5.74, 6) is 1.75. The summed E-state index contributed by atoms with van der Waals surface area (Å²) in [6.07, 6.45) is 6.07. The van der Waals surface area contributed by atoms with E-state index in [-0.39, 0.29) is 0 Å². The predicted molar refractivity (Wildman–Crippen MR) is 74.2 cm³/mol. The smallest absolute Gasteiger partial charge is 0.182 e. The van der Waals surface area contributed by atoms with Gasteiger partial charge in [0.25, 0.3) is 0 Å². The lowest BCUT2D eigenvalue weighted by molar-refractivity contribution is -0.119. The van der Waals surface area contributed by atoms with Crippen LogP contribution in [0.3, 0.4) is 0 Å². The first-order valence-electron chi connectivity index (χ1n) is 6.61. The van der Waals surface area contributed by atoms with E-state index in [0.717, 1.165) is 24.6 Å². The van der Waals surface area contributed by atoms with Crippen LogP contribution in [0.25, 0.3) is 11.5 Å². The molecular formula is C14H15N5O. The van der Waals surface area contributed by atoms with Gasteiger partial charge in [-0.05, 0) is 6.92 Å². The Kier molecular flexibility index (Phi) is 3.37. The molecule has 1 aliphatic rings. The van der Waals surface area contributed by atoms with Gasteiger partial charge in [-0.3, -0.25) is 9.78 Å². The summed E-state index contributed by atoms with van der Waals surface area (Å²) in [7, 11) is 0. The number of Topliss-reactive ketones (excluding diaryl/α,β-unsaturated/α-hetero) is 1. The second-order valence-corrected chi connectivity index (χ2v) is 4.81. The van der Waals surface area contributed by atoms with Crippen LogP contribution < -0.4 is 4.90 Å². The van der Waals surface area contributed by atoms with E-state index in [1.54, 1.807) is 18.6 Å². The van der Waals surface area contributed by atoms with Crippen molar-refractivity contribution < 1.29 is 4.79 Å². The van der Waals surface area contributed by atoms with Crippen molar-refractivity contribution >= 4 is 11.6 Å². The van der Waals surface area contributed by atoms with E-state index < -0.39 is 0 Å². The fourth-order valence-corrected chi connectivity index (χ4v) is 2.23. The number of aryl methyl sites for hydroxylation is 1. The number of piperidine rings is 1. The normalized spacial score (nSPS) is 15.4. The molecule has 102 valence electrons. The lowest BCUT2D eigenvalue weighted by atomic mass is 10.1. The lowest BCUT2D eigenvalue weighted by Crippen LogP contribution is -2.34. The van der Waals surface area contributed by atoms with Gasteiger partial charge >= 0.3 is 0 Å². The SMILES string of the molecule is Cc1cc(N2CCC(=O)CC2)nc(-c2cnccn2)n1. The van der Waals surface area contributed by atoms with Gasteiger partial charge in [0.1, 0.15) is 17.3 Å². The number of nitrogens with zero attached hydrogens (tertiary/aromatic N) is 5. The van der Waals surface area contributed by atoms with E-state index in [9.17, 15) is 4.79 Å². The highest BCUT2D eigenvalue weighted by Crippen LogP contribution is 2.20. The van der Waals surface area contributed by atoms with Gasteiger partial charge in [0, 0.05) is 50.1 Å². The molecule has 2 aromatic rings. The molecule has 1 saturated heterocycles. The Balaban J connectivity index is 1.93. The van der Waals surface area contributed by atoms with Crippen LogP contribution in [0.4, 0.5) is 5.82 Å². The lowest BCUT2D eigenvalue weighted by Gasteiger charge is -2.27. The third-order valence-electron chi connectivity index (χ3n) is 3.28. The third kappa shape index (κ3) is 2.64. The van der Waals surface area contributed by atoms with Crippen molar-refractivity contribution in [3.8, 4) is 11.5 Å². The summed E-state index contributed by atoms with van der Waals surface area (Å²) in [5.41, 5.74) is 1.54. The Labute approximate surface area is 116 Å². The summed E-state index contributed by atoms with van der Waals surface area (Å²) in [5, 5.41) is 0. The maximum absolute atomic E-state index is 11.3. The summed E-state index contributed by atoms with van der Waals surface area (Å²) >= 11 is 0. The fraction of sp³-hybridized carbons (Fsp3) is 0.357. The second-order valence-electron chi connectivity index (χ2n) is 4.81. The summed E-state index contributed by atoms with van der Waals surface area (Å²) < 4.78 is 0. The molecule has 0 saturated carbocycles. The molecule has 0 aliphatic carbocycles. The maximum atomic E-state index is 11.3. The standard InChI is InChI=1S/C14H15N5O/c1-10-8-13(19-6-2-11(20)3-7-19)18-14(17-10)12-9-15-4-5-16-12/h4-5,8-9H,2-3,6-7H2,1H3. The summed E-state index contributed by atoms with van der Waals surface area (Å²) in [6, 6.07) is 1.94. The minimum atomic E-state index is 0.321. The minimum absolute atomic E-state index is 0.321. The minimum Gasteiger partial charge on any atom is -0.356 e. The number of carbonyl (C=O) groups is 1. The first-order chi connectivity index (χ1) is 9.72. The fourth-order valence-electron chi connectivity index (χ4n) is 2.23. The monoisotopic (exact) mass is 269 g/mol. The molecule has 0 spiro atoms. The molecule has 0 unspecified atom stereocenters. The molecule has 20 heavy (non-hydrogen) atoms. The predicted octanol–water partition coefficient (Wildman–Crippen LogP) is 1.41. The number of anilines is 1. The number of aromatic nitrogens is 4. The molecule has 0 bridgehead atoms. The average molecular weight is 269 g/mol. The molecule has 0 N–H and O–H groups in total. The Morgan fingerprint density at radius 2 is 1.95 bits per heavy atom. The number of carbonyl (C=O) groups excluding carboxylic acids is 1. The van der Waals surface area contributed by atoms with Crippen molar-refractivity contribution in [2.75, 3.05) is 18.0 Å². The van der Waals surface area contributed by atoms with Crippen molar-refractivity contribution in [3.63, 3.8) is 0 Å². The highest BCUT2D eigenvalue weighted by molar-refractivity contribution is 5.80. The van der Waals surface area contributed by atoms with E-state index in [1.165, 1.54) is 0 Å². The highest BCUT2D eigenvalue weighted by Gasteiger charge is 2.18. The maximum Gasteiger partial charge on any atom is 0.182 e. The van der Waals surface area contributed by atoms with Crippen LogP contribution in [0.1, 0.15) is 18.5 Å². The number of hydrogen-bond acceptors (Lipinski definition) is 6. The van der Waals surface area contributed by atoms with Crippen molar-refractivity contribution in [2.45, 2.75) is 19.8 Å². The van der Waals surface area contributed by atoms with Crippen LogP contribution in [0.5, 0.6) is 0 Å². The Morgan fingerprint density at radius 1 is 1.15 bits per heavy atom. The zero-order valence-electron chi connectivity index (χ0n) is 11.3. The van der Waals surface area contributed by atoms with Crippen molar-refractivity contribution in [1.29, 1.82) is 0 Å². The molecule has 1 fully saturated rings. The molecule has 6 nitrogen and oxygen atoms in total. The first kappa shape index (κ1) is 12.7. The van der Waals surface area contributed by atoms with Crippen molar-refractivity contribution in [3.05, 3.63) is 30.4 Å². The number of ketones is 1. The molecule has 0 aromatic carbocycles. The van der Waals surface area contributed by atoms with Crippen LogP contribution in [-0.2, 0) is 4.79 Å². The molecule has 6 heteroatoms. The molecular weight excluding hydrogens is 254 g/mol. The van der Waals surface area contributed by atoms with Gasteiger partial charge in [0.2, 0.25) is 0 Å². The zero-order valence-corrected chi connectivity index (χ0v) is 11.3. The van der Waals surface area contributed by atoms with Crippen molar-refractivity contribution in [1.82, 2.24) is 19.9 Å². The summed E-state index contributed by atoms with van der Waals surface area (Å²) in [4.78, 5) is 30.7. The van der Waals surface area contributed by atoms with Gasteiger partial charge in [-0.25, -0.2) is 15.0 Å². The highest BCUT2D eigenvalue weighted by atomic mass is 16.1. The Bertz CT molecular complexity index is 619. The van der Waals surface area contributed by atoms with E-state index >= 15 is 0 Å². The largest absolute Gasteiger partial charge is 0.356 e. The van der Waals surface area contributed by atoms with Crippen LogP contribution in [0.15, 0.2) is 24.7 Å². The van der Waals surface area contributed by atoms with Gasteiger partial charge in [-0.2, -0.15) is 0 Å². The molecule has 0 amide bonds. The van der Waals surface area contributed by atoms with E-state index in [4.69, 9.17) is 0 Å². The van der Waals surface area contributed by atoms with Crippen LogP contribution in [-0.4, -0.2) is 38.8 Å². The van der Waals surface area contributed by atoms with Gasteiger partial charge < -0.3 is 4.90 Å². The van der Waals surface area contributed by atoms with Gasteiger partial charge in [0.05, 0.1) is 6.20 Å². The second kappa shape index (κ2) is 5.32. The quantitative estimate of drug-likeness (QED) is 0.821. The molecule has 0 radical (unpaired) electrons. The number of hydrogen-bond donors (Lipinski definition) is 0. The van der Waals surface area contributed by atoms with E-state index in [0.29, 0.717) is 30.1 Å². The average Bonchev–Trinajstić information content (AvgIpc) is 2.48. The first-order valence-corrected chi connectivity index (χ1v) is 6.61. The Hall–Kier alpha value is -2.37. The molecule has 3 heterocycles. The van der Waals surface area contributed by atoms with E-state index in [2.05, 4.69) is 24.8 Å². The third-order valence-corrected chi connectivity index (χ3v) is 3.28. The van der Waals surface area contributed by atoms with Crippen LogP contribution >= 0.6 is 0 Å². The molecule has 2 aromatic heterocycles. The number of rotatable bonds is 2. The van der Waals surface area contributed by atoms with Gasteiger partial charge in [-0.1, -0.05) is 0 Å². The molecule has 1 aliphatic heterocycles. The van der Waals surface area contributed by atoms with Gasteiger partial charge in [-0.15, -0.1) is 0 Å². The molecule has 0 atom stereocenters. The zero-order chi connectivity index (χ0) is 13.9. The van der Waals surface area contributed by atoms with Crippen LogP contribution in [0, 0.1) is 6.92 Å². The van der Waals surface area contributed by atoms with Gasteiger partial charge in [0.15, 0.2) is 5.82 Å². The topological polar surface area (TPSA) is 71.9 Å². The van der Waals surface area contributed by atoms with Crippen molar-refractivity contribution in [2.24, 2.45) is 0 Å². The van der Waals surface area contributed by atoms with Crippen LogP contribution in [0.2, 0.25) is 0 Å².